The third-order valence-corrected chi connectivity index (χ3v) is 4.35. The van der Waals surface area contributed by atoms with Gasteiger partial charge < -0.3 is 10.3 Å². The lowest BCUT2D eigenvalue weighted by Gasteiger charge is -2.17. The first-order chi connectivity index (χ1) is 8.99. The minimum absolute atomic E-state index is 0.484. The molecule has 4 nitrogen and oxygen atoms in total. The Labute approximate surface area is 114 Å². The zero-order valence-electron chi connectivity index (χ0n) is 12.2. The maximum Gasteiger partial charge on any atom is 0.146 e. The Hall–Kier alpha value is -1.58. The van der Waals surface area contributed by atoms with E-state index in [0.29, 0.717) is 11.9 Å². The Bertz CT molecular complexity index is 637. The first kappa shape index (κ1) is 12.5. The Morgan fingerprint density at radius 1 is 1.26 bits per heavy atom. The SMILES string of the molecule is Cc1nc(N)c2c(C)c(C)n(C(C)CC3CC3)c2n1. The largest absolute Gasteiger partial charge is 0.383 e. The topological polar surface area (TPSA) is 56.7 Å². The normalized spacial score (nSPS) is 17.1. The van der Waals surface area contributed by atoms with Crippen LogP contribution in [0.3, 0.4) is 0 Å². The molecule has 19 heavy (non-hydrogen) atoms. The van der Waals surface area contributed by atoms with E-state index in [0.717, 1.165) is 22.8 Å². The molecule has 1 saturated carbocycles. The maximum absolute atomic E-state index is 6.09. The quantitative estimate of drug-likeness (QED) is 0.919. The molecule has 1 aliphatic carbocycles. The van der Waals surface area contributed by atoms with Crippen LogP contribution in [-0.2, 0) is 0 Å². The van der Waals surface area contributed by atoms with Crippen molar-refractivity contribution in [1.82, 2.24) is 14.5 Å². The number of nitrogen functional groups attached to an aromatic ring is 1. The van der Waals surface area contributed by atoms with Gasteiger partial charge in [-0.3, -0.25) is 0 Å². The number of rotatable bonds is 3. The average molecular weight is 258 g/mol. The second kappa shape index (κ2) is 4.22. The fourth-order valence-electron chi connectivity index (χ4n) is 3.11. The minimum atomic E-state index is 0.484. The summed E-state index contributed by atoms with van der Waals surface area (Å²) in [5.74, 6) is 2.27. The number of hydrogen-bond donors (Lipinski definition) is 1. The summed E-state index contributed by atoms with van der Waals surface area (Å²) in [6.07, 6.45) is 4.02. The Balaban J connectivity index is 2.19. The molecule has 1 atom stereocenters. The van der Waals surface area contributed by atoms with E-state index in [-0.39, 0.29) is 0 Å². The van der Waals surface area contributed by atoms with E-state index in [4.69, 9.17) is 5.73 Å². The van der Waals surface area contributed by atoms with Crippen LogP contribution in [-0.4, -0.2) is 14.5 Å². The second-order valence-corrected chi connectivity index (χ2v) is 5.96. The number of anilines is 1. The highest BCUT2D eigenvalue weighted by Crippen LogP contribution is 2.39. The maximum atomic E-state index is 6.09. The van der Waals surface area contributed by atoms with Gasteiger partial charge in [-0.2, -0.15) is 0 Å². The zero-order chi connectivity index (χ0) is 13.7. The van der Waals surface area contributed by atoms with E-state index in [9.17, 15) is 0 Å². The summed E-state index contributed by atoms with van der Waals surface area (Å²) in [6.45, 7) is 8.48. The molecule has 0 radical (unpaired) electrons. The molecular weight excluding hydrogens is 236 g/mol. The Morgan fingerprint density at radius 3 is 2.58 bits per heavy atom. The second-order valence-electron chi connectivity index (χ2n) is 5.96. The van der Waals surface area contributed by atoms with Crippen LogP contribution < -0.4 is 5.73 Å². The Kier molecular flexibility index (Phi) is 2.77. The average Bonchev–Trinajstić information content (AvgIpc) is 3.07. The van der Waals surface area contributed by atoms with Crippen LogP contribution in [0.4, 0.5) is 5.82 Å². The number of fused-ring (bicyclic) bond motifs is 1. The van der Waals surface area contributed by atoms with E-state index >= 15 is 0 Å². The standard InChI is InChI=1S/C15H22N4/c1-8(7-12-5-6-12)19-10(3)9(2)13-14(16)17-11(4)18-15(13)19/h8,12H,5-7H2,1-4H3,(H2,16,17,18). The number of aromatic nitrogens is 3. The summed E-state index contributed by atoms with van der Waals surface area (Å²) in [6, 6.07) is 0.484. The van der Waals surface area contributed by atoms with Crippen molar-refractivity contribution in [3.05, 3.63) is 17.1 Å². The molecule has 0 bridgehead atoms. The third kappa shape index (κ3) is 1.99. The van der Waals surface area contributed by atoms with Gasteiger partial charge in [-0.05, 0) is 45.6 Å². The Morgan fingerprint density at radius 2 is 1.95 bits per heavy atom. The summed E-state index contributed by atoms with van der Waals surface area (Å²) in [4.78, 5) is 8.94. The molecule has 2 aromatic rings. The first-order valence-electron chi connectivity index (χ1n) is 7.10. The van der Waals surface area contributed by atoms with Gasteiger partial charge in [0.15, 0.2) is 0 Å². The first-order valence-corrected chi connectivity index (χ1v) is 7.10. The molecule has 2 N–H and O–H groups in total. The zero-order valence-corrected chi connectivity index (χ0v) is 12.2. The van der Waals surface area contributed by atoms with Crippen molar-refractivity contribution in [2.45, 2.75) is 53.0 Å². The van der Waals surface area contributed by atoms with Crippen LogP contribution in [0.2, 0.25) is 0 Å². The lowest BCUT2D eigenvalue weighted by Crippen LogP contribution is -2.09. The molecule has 2 aromatic heterocycles. The highest BCUT2D eigenvalue weighted by Gasteiger charge is 2.27. The number of nitrogens with two attached hydrogens (primary N) is 1. The summed E-state index contributed by atoms with van der Waals surface area (Å²) < 4.78 is 2.36. The predicted octanol–water partition coefficient (Wildman–Crippen LogP) is 3.30. The predicted molar refractivity (Wildman–Crippen MR) is 78.2 cm³/mol. The summed E-state index contributed by atoms with van der Waals surface area (Å²) in [5.41, 5.74) is 9.59. The van der Waals surface area contributed by atoms with Gasteiger partial charge in [0, 0.05) is 11.7 Å². The van der Waals surface area contributed by atoms with Gasteiger partial charge in [0.2, 0.25) is 0 Å². The van der Waals surface area contributed by atoms with Crippen molar-refractivity contribution >= 4 is 16.9 Å². The van der Waals surface area contributed by atoms with E-state index in [2.05, 4.69) is 35.3 Å². The molecule has 4 heteroatoms. The van der Waals surface area contributed by atoms with Crippen LogP contribution in [0.5, 0.6) is 0 Å². The molecule has 1 fully saturated rings. The minimum Gasteiger partial charge on any atom is -0.383 e. The number of nitrogens with zero attached hydrogens (tertiary/aromatic N) is 3. The van der Waals surface area contributed by atoms with Crippen molar-refractivity contribution in [3.63, 3.8) is 0 Å². The van der Waals surface area contributed by atoms with Crippen LogP contribution in [0.25, 0.3) is 11.0 Å². The molecule has 0 saturated heterocycles. The van der Waals surface area contributed by atoms with Gasteiger partial charge >= 0.3 is 0 Å². The molecule has 0 amide bonds. The van der Waals surface area contributed by atoms with Crippen LogP contribution in [0, 0.1) is 26.7 Å². The van der Waals surface area contributed by atoms with E-state index in [1.165, 1.54) is 30.5 Å². The smallest absolute Gasteiger partial charge is 0.146 e. The third-order valence-electron chi connectivity index (χ3n) is 4.35. The summed E-state index contributed by atoms with van der Waals surface area (Å²) >= 11 is 0. The summed E-state index contributed by atoms with van der Waals surface area (Å²) in [5, 5.41) is 1.03. The number of hydrogen-bond acceptors (Lipinski definition) is 3. The number of aryl methyl sites for hydroxylation is 2. The molecule has 1 unspecified atom stereocenters. The van der Waals surface area contributed by atoms with Crippen molar-refractivity contribution in [2.24, 2.45) is 5.92 Å². The molecule has 0 aliphatic heterocycles. The fourth-order valence-corrected chi connectivity index (χ4v) is 3.11. The molecule has 0 spiro atoms. The fraction of sp³-hybridized carbons (Fsp3) is 0.600. The van der Waals surface area contributed by atoms with E-state index in [1.54, 1.807) is 0 Å². The van der Waals surface area contributed by atoms with Crippen molar-refractivity contribution in [3.8, 4) is 0 Å². The van der Waals surface area contributed by atoms with Gasteiger partial charge in [0.05, 0.1) is 5.39 Å². The van der Waals surface area contributed by atoms with Crippen molar-refractivity contribution < 1.29 is 0 Å². The molecule has 0 aromatic carbocycles. The van der Waals surface area contributed by atoms with Gasteiger partial charge in [-0.1, -0.05) is 12.8 Å². The van der Waals surface area contributed by atoms with Crippen LogP contribution >= 0.6 is 0 Å². The van der Waals surface area contributed by atoms with Gasteiger partial charge in [-0.15, -0.1) is 0 Å². The van der Waals surface area contributed by atoms with Gasteiger partial charge in [0.25, 0.3) is 0 Å². The molecule has 102 valence electrons. The lowest BCUT2D eigenvalue weighted by atomic mass is 10.1. The van der Waals surface area contributed by atoms with Crippen LogP contribution in [0.1, 0.15) is 49.3 Å². The highest BCUT2D eigenvalue weighted by atomic mass is 15.1. The lowest BCUT2D eigenvalue weighted by molar-refractivity contribution is 0.479. The van der Waals surface area contributed by atoms with E-state index in [1.807, 2.05) is 6.92 Å². The van der Waals surface area contributed by atoms with Crippen molar-refractivity contribution in [1.29, 1.82) is 0 Å². The van der Waals surface area contributed by atoms with E-state index < -0.39 is 0 Å². The molecule has 2 heterocycles. The van der Waals surface area contributed by atoms with Crippen molar-refractivity contribution in [2.75, 3.05) is 5.73 Å². The van der Waals surface area contributed by atoms with Gasteiger partial charge in [0.1, 0.15) is 17.3 Å². The summed E-state index contributed by atoms with van der Waals surface area (Å²) in [7, 11) is 0. The van der Waals surface area contributed by atoms with Gasteiger partial charge in [-0.25, -0.2) is 9.97 Å². The molecule has 1 aliphatic rings. The highest BCUT2D eigenvalue weighted by molar-refractivity contribution is 5.91. The molecule has 3 rings (SSSR count). The van der Waals surface area contributed by atoms with Crippen LogP contribution in [0.15, 0.2) is 0 Å². The monoisotopic (exact) mass is 258 g/mol. The molecular formula is C15H22N4.